The third kappa shape index (κ3) is 7.39. The number of benzene rings is 1. The molecule has 1 aromatic heterocycles. The average molecular weight is 489 g/mol. The van der Waals surface area contributed by atoms with Gasteiger partial charge in [0.1, 0.15) is 18.2 Å². The predicted molar refractivity (Wildman–Crippen MR) is 136 cm³/mol. The highest BCUT2D eigenvalue weighted by Crippen LogP contribution is 2.34. The Bertz CT molecular complexity index is 934. The van der Waals surface area contributed by atoms with Crippen molar-refractivity contribution in [2.75, 3.05) is 32.8 Å². The van der Waals surface area contributed by atoms with Gasteiger partial charge >= 0.3 is 0 Å². The maximum atomic E-state index is 13.6. The minimum Gasteiger partial charge on any atom is -0.491 e. The lowest BCUT2D eigenvalue weighted by Gasteiger charge is -2.37. The topological polar surface area (TPSA) is 53.0 Å². The first kappa shape index (κ1) is 26.4. The van der Waals surface area contributed by atoms with Gasteiger partial charge in [0.15, 0.2) is 0 Å². The summed E-state index contributed by atoms with van der Waals surface area (Å²) < 4.78 is 19.5. The number of rotatable bonds is 13. The Morgan fingerprint density at radius 1 is 1.41 bits per heavy atom. The molecular formula is C27H37FN2O3S. The van der Waals surface area contributed by atoms with Crippen LogP contribution in [0.1, 0.15) is 49.6 Å². The normalized spacial score (nSPS) is 17.3. The molecule has 1 aliphatic heterocycles. The van der Waals surface area contributed by atoms with Crippen LogP contribution in [0.4, 0.5) is 4.39 Å². The number of halogens is 1. The average Bonchev–Trinajstić information content (AvgIpc) is 3.30. The monoisotopic (exact) mass is 488 g/mol. The summed E-state index contributed by atoms with van der Waals surface area (Å²) in [6.45, 7) is 10.4. The van der Waals surface area contributed by atoms with E-state index in [0.29, 0.717) is 31.2 Å². The van der Waals surface area contributed by atoms with Crippen LogP contribution < -0.4 is 4.74 Å². The largest absolute Gasteiger partial charge is 0.491 e. The molecule has 0 aliphatic carbocycles. The van der Waals surface area contributed by atoms with Gasteiger partial charge in [0.05, 0.1) is 18.7 Å². The van der Waals surface area contributed by atoms with E-state index in [0.717, 1.165) is 31.4 Å². The molecular weight excluding hydrogens is 451 g/mol. The van der Waals surface area contributed by atoms with Gasteiger partial charge in [-0.15, -0.1) is 17.9 Å². The highest BCUT2D eigenvalue weighted by molar-refractivity contribution is 7.10. The number of hydrogen-bond acceptors (Lipinski definition) is 5. The summed E-state index contributed by atoms with van der Waals surface area (Å²) in [6.07, 6.45) is 4.54. The summed E-state index contributed by atoms with van der Waals surface area (Å²) >= 11 is 1.70. The molecule has 3 atom stereocenters. The van der Waals surface area contributed by atoms with Gasteiger partial charge in [0, 0.05) is 30.6 Å². The Morgan fingerprint density at radius 2 is 2.24 bits per heavy atom. The molecule has 5 nitrogen and oxygen atoms in total. The molecule has 2 aromatic rings. The number of carbonyl (C=O) groups excluding carboxylic acids is 1. The van der Waals surface area contributed by atoms with Crippen molar-refractivity contribution >= 4 is 17.2 Å². The van der Waals surface area contributed by atoms with Gasteiger partial charge in [-0.2, -0.15) is 0 Å². The number of fused-ring (bicyclic) bond motifs is 1. The SMILES string of the molecule is C=CCC[C@H](O)CN(CC(=O)N1CCc2sccc2[C@@H]1COc1cccc(F)c1)C[C@@H](C)CC. The van der Waals surface area contributed by atoms with Crippen LogP contribution in [0.5, 0.6) is 5.75 Å². The van der Waals surface area contributed by atoms with Gasteiger partial charge in [-0.3, -0.25) is 9.69 Å². The highest BCUT2D eigenvalue weighted by Gasteiger charge is 2.33. The number of hydrogen-bond donors (Lipinski definition) is 1. The summed E-state index contributed by atoms with van der Waals surface area (Å²) in [5, 5.41) is 12.5. The van der Waals surface area contributed by atoms with Gasteiger partial charge in [-0.05, 0) is 54.3 Å². The van der Waals surface area contributed by atoms with Gasteiger partial charge in [0.25, 0.3) is 0 Å². The zero-order valence-corrected chi connectivity index (χ0v) is 21.1. The minimum absolute atomic E-state index is 0.0314. The van der Waals surface area contributed by atoms with Gasteiger partial charge in [-0.1, -0.05) is 32.4 Å². The van der Waals surface area contributed by atoms with E-state index in [4.69, 9.17) is 4.74 Å². The number of amides is 1. The fourth-order valence-corrected chi connectivity index (χ4v) is 5.29. The zero-order chi connectivity index (χ0) is 24.5. The number of nitrogens with zero attached hydrogens (tertiary/aromatic N) is 2. The van der Waals surface area contributed by atoms with Crippen molar-refractivity contribution in [1.82, 2.24) is 9.80 Å². The molecule has 0 saturated heterocycles. The molecule has 0 unspecified atom stereocenters. The predicted octanol–water partition coefficient (Wildman–Crippen LogP) is 5.07. The summed E-state index contributed by atoms with van der Waals surface area (Å²) in [6, 6.07) is 7.94. The van der Waals surface area contributed by atoms with Crippen LogP contribution in [0.3, 0.4) is 0 Å². The number of allylic oxidation sites excluding steroid dienone is 1. The molecule has 1 aromatic carbocycles. The molecule has 34 heavy (non-hydrogen) atoms. The molecule has 0 bridgehead atoms. The van der Waals surface area contributed by atoms with E-state index in [2.05, 4.69) is 36.8 Å². The van der Waals surface area contributed by atoms with E-state index < -0.39 is 6.10 Å². The van der Waals surface area contributed by atoms with Crippen LogP contribution in [0, 0.1) is 11.7 Å². The summed E-state index contributed by atoms with van der Waals surface area (Å²) in [5.41, 5.74) is 1.11. The fourth-order valence-electron chi connectivity index (χ4n) is 4.36. The Hall–Kier alpha value is -2.22. The second-order valence-electron chi connectivity index (χ2n) is 9.15. The summed E-state index contributed by atoms with van der Waals surface area (Å²) in [4.78, 5) is 18.8. The maximum absolute atomic E-state index is 13.6. The number of thiophene rings is 1. The summed E-state index contributed by atoms with van der Waals surface area (Å²) in [5.74, 6) is 0.569. The minimum atomic E-state index is -0.494. The Balaban J connectivity index is 1.72. The number of carbonyl (C=O) groups is 1. The second-order valence-corrected chi connectivity index (χ2v) is 10.1. The van der Waals surface area contributed by atoms with Gasteiger partial charge < -0.3 is 14.7 Å². The molecule has 0 radical (unpaired) electrons. The molecule has 7 heteroatoms. The van der Waals surface area contributed by atoms with Gasteiger partial charge in [-0.25, -0.2) is 4.39 Å². The molecule has 0 spiro atoms. The lowest BCUT2D eigenvalue weighted by atomic mass is 10.00. The molecule has 0 saturated carbocycles. The first-order valence-corrected chi connectivity index (χ1v) is 13.0. The lowest BCUT2D eigenvalue weighted by Crippen LogP contribution is -2.48. The number of ether oxygens (including phenoxy) is 1. The van der Waals surface area contributed by atoms with Crippen LogP contribution in [0.15, 0.2) is 48.4 Å². The fraction of sp³-hybridized carbons (Fsp3) is 0.519. The molecule has 186 valence electrons. The molecule has 1 aliphatic rings. The highest BCUT2D eigenvalue weighted by atomic mass is 32.1. The molecule has 1 N–H and O–H groups in total. The second kappa shape index (κ2) is 13.0. The van der Waals surface area contributed by atoms with Crippen molar-refractivity contribution in [2.45, 2.75) is 51.7 Å². The maximum Gasteiger partial charge on any atom is 0.237 e. The molecule has 1 amide bonds. The Labute approximate surface area is 206 Å². The zero-order valence-electron chi connectivity index (χ0n) is 20.3. The first-order valence-electron chi connectivity index (χ1n) is 12.2. The van der Waals surface area contributed by atoms with Crippen LogP contribution in [-0.2, 0) is 11.2 Å². The van der Waals surface area contributed by atoms with Crippen LogP contribution >= 0.6 is 11.3 Å². The van der Waals surface area contributed by atoms with E-state index in [1.165, 1.54) is 17.0 Å². The number of aliphatic hydroxyl groups excluding tert-OH is 1. The van der Waals surface area contributed by atoms with Crippen molar-refractivity contribution in [3.63, 3.8) is 0 Å². The van der Waals surface area contributed by atoms with E-state index in [1.807, 2.05) is 11.0 Å². The number of aliphatic hydroxyl groups is 1. The van der Waals surface area contributed by atoms with E-state index in [-0.39, 0.29) is 30.9 Å². The van der Waals surface area contributed by atoms with Crippen molar-refractivity contribution in [2.24, 2.45) is 5.92 Å². The van der Waals surface area contributed by atoms with Crippen LogP contribution in [0.25, 0.3) is 0 Å². The Kier molecular flexibility index (Phi) is 10.1. The van der Waals surface area contributed by atoms with Gasteiger partial charge in [0.2, 0.25) is 5.91 Å². The Morgan fingerprint density at radius 3 is 2.97 bits per heavy atom. The third-order valence-corrected chi connectivity index (χ3v) is 7.41. The lowest BCUT2D eigenvalue weighted by molar-refractivity contribution is -0.136. The van der Waals surface area contributed by atoms with Crippen LogP contribution in [-0.4, -0.2) is 59.7 Å². The molecule has 3 rings (SSSR count). The summed E-state index contributed by atoms with van der Waals surface area (Å²) in [7, 11) is 0. The molecule has 2 heterocycles. The van der Waals surface area contributed by atoms with Crippen molar-refractivity contribution in [3.05, 3.63) is 64.6 Å². The third-order valence-electron chi connectivity index (χ3n) is 6.42. The van der Waals surface area contributed by atoms with Crippen molar-refractivity contribution in [3.8, 4) is 5.75 Å². The molecule has 0 fully saturated rings. The van der Waals surface area contributed by atoms with E-state index in [9.17, 15) is 14.3 Å². The van der Waals surface area contributed by atoms with Crippen molar-refractivity contribution < 1.29 is 19.0 Å². The van der Waals surface area contributed by atoms with E-state index >= 15 is 0 Å². The van der Waals surface area contributed by atoms with Crippen molar-refractivity contribution in [1.29, 1.82) is 0 Å². The smallest absolute Gasteiger partial charge is 0.237 e. The van der Waals surface area contributed by atoms with E-state index in [1.54, 1.807) is 23.5 Å². The quantitative estimate of drug-likeness (QED) is 0.400. The standard InChI is InChI=1S/C27H37FN2O3S/c1-4-6-9-22(31)17-29(16-20(3)5-2)18-27(32)30-13-11-26-24(12-14-34-26)25(30)19-33-23-10-7-8-21(28)15-23/h4,7-8,10,12,14-15,20,22,25,31H,1,5-6,9,11,13,16-19H2,2-3H3/t20-,22-,25-/m0/s1. The first-order chi connectivity index (χ1) is 16.4. The van der Waals surface area contributed by atoms with Crippen LogP contribution in [0.2, 0.25) is 0 Å².